The van der Waals surface area contributed by atoms with Gasteiger partial charge in [-0.25, -0.2) is 0 Å². The van der Waals surface area contributed by atoms with Gasteiger partial charge in [-0.15, -0.1) is 0 Å². The van der Waals surface area contributed by atoms with Gasteiger partial charge >= 0.3 is 0 Å². The molecule has 82 valence electrons. The summed E-state index contributed by atoms with van der Waals surface area (Å²) in [6.45, 7) is 1.87. The zero-order chi connectivity index (χ0) is 11.7. The summed E-state index contributed by atoms with van der Waals surface area (Å²) >= 11 is 2.93. The fourth-order valence-electron chi connectivity index (χ4n) is 1.29. The van der Waals surface area contributed by atoms with Crippen LogP contribution in [0.25, 0.3) is 11.4 Å². The fraction of sp³-hybridized carbons (Fsp3) is 0.100. The predicted molar refractivity (Wildman–Crippen MR) is 62.2 cm³/mol. The van der Waals surface area contributed by atoms with Crippen LogP contribution >= 0.6 is 15.9 Å². The van der Waals surface area contributed by atoms with Crippen LogP contribution in [-0.4, -0.2) is 20.1 Å². The van der Waals surface area contributed by atoms with E-state index in [1.54, 1.807) is 18.5 Å². The lowest BCUT2D eigenvalue weighted by Gasteiger charge is -2.04. The molecule has 0 bridgehead atoms. The fourth-order valence-corrected chi connectivity index (χ4v) is 1.47. The number of aromatic amines is 1. The number of nitrogens with zero attached hydrogens (tertiary/aromatic N) is 2. The van der Waals surface area contributed by atoms with Gasteiger partial charge in [0.1, 0.15) is 10.3 Å². The highest BCUT2D eigenvalue weighted by Crippen LogP contribution is 2.22. The molecule has 16 heavy (non-hydrogen) atoms. The standard InChI is InChI=1S/C10H8BrN3O2/c1-5-2-3-12-4-6(5)8-13-9(15)7(11)10(16)14-8/h2-4H,1H3,(H2,13,14,15,16). The molecule has 0 atom stereocenters. The number of H-pyrrole nitrogens is 1. The van der Waals surface area contributed by atoms with Gasteiger partial charge in [-0.2, -0.15) is 4.98 Å². The van der Waals surface area contributed by atoms with E-state index in [1.807, 2.05) is 6.92 Å². The highest BCUT2D eigenvalue weighted by atomic mass is 79.9. The maximum Gasteiger partial charge on any atom is 0.269 e. The summed E-state index contributed by atoms with van der Waals surface area (Å²) in [5.41, 5.74) is 1.17. The molecule has 0 unspecified atom stereocenters. The van der Waals surface area contributed by atoms with Crippen LogP contribution in [0.3, 0.4) is 0 Å². The van der Waals surface area contributed by atoms with Crippen molar-refractivity contribution in [3.63, 3.8) is 0 Å². The van der Waals surface area contributed by atoms with Crippen LogP contribution in [0.1, 0.15) is 5.56 Å². The van der Waals surface area contributed by atoms with Crippen molar-refractivity contribution in [3.05, 3.63) is 38.9 Å². The van der Waals surface area contributed by atoms with E-state index in [0.29, 0.717) is 11.4 Å². The van der Waals surface area contributed by atoms with E-state index in [1.165, 1.54) is 0 Å². The van der Waals surface area contributed by atoms with Crippen molar-refractivity contribution in [1.82, 2.24) is 15.0 Å². The lowest BCUT2D eigenvalue weighted by Crippen LogP contribution is -2.10. The Balaban J connectivity index is 2.67. The number of hydrogen-bond acceptors (Lipinski definition) is 4. The van der Waals surface area contributed by atoms with E-state index >= 15 is 0 Å². The average molecular weight is 282 g/mol. The average Bonchev–Trinajstić information content (AvgIpc) is 2.26. The minimum Gasteiger partial charge on any atom is -0.492 e. The molecule has 0 amide bonds. The normalized spacial score (nSPS) is 10.4. The minimum atomic E-state index is -0.425. The Labute approximate surface area is 99.3 Å². The summed E-state index contributed by atoms with van der Waals surface area (Å²) < 4.78 is 0.0257. The van der Waals surface area contributed by atoms with Crippen molar-refractivity contribution in [1.29, 1.82) is 0 Å². The Morgan fingerprint density at radius 2 is 2.25 bits per heavy atom. The first-order chi connectivity index (χ1) is 7.59. The van der Waals surface area contributed by atoms with Crippen molar-refractivity contribution < 1.29 is 5.11 Å². The molecule has 0 saturated heterocycles. The first kappa shape index (κ1) is 10.8. The van der Waals surface area contributed by atoms with Crippen LogP contribution < -0.4 is 5.56 Å². The minimum absolute atomic E-state index is 0.0257. The molecular weight excluding hydrogens is 274 g/mol. The molecule has 0 aliphatic carbocycles. The van der Waals surface area contributed by atoms with Crippen LogP contribution in [0, 0.1) is 6.92 Å². The smallest absolute Gasteiger partial charge is 0.269 e. The molecule has 0 aliphatic rings. The van der Waals surface area contributed by atoms with Gasteiger partial charge in [-0.3, -0.25) is 9.78 Å². The highest BCUT2D eigenvalue weighted by Gasteiger charge is 2.10. The Kier molecular flexibility index (Phi) is 2.74. The van der Waals surface area contributed by atoms with Gasteiger partial charge in [0.05, 0.1) is 0 Å². The summed E-state index contributed by atoms with van der Waals surface area (Å²) in [6.07, 6.45) is 3.23. The molecule has 0 aliphatic heterocycles. The van der Waals surface area contributed by atoms with Crippen LogP contribution in [0.2, 0.25) is 0 Å². The first-order valence-electron chi connectivity index (χ1n) is 4.49. The molecule has 2 heterocycles. The maximum absolute atomic E-state index is 11.4. The molecule has 0 saturated carbocycles. The summed E-state index contributed by atoms with van der Waals surface area (Å²) in [6, 6.07) is 1.80. The van der Waals surface area contributed by atoms with Gasteiger partial charge in [0.25, 0.3) is 5.56 Å². The van der Waals surface area contributed by atoms with Crippen molar-refractivity contribution in [2.75, 3.05) is 0 Å². The van der Waals surface area contributed by atoms with Crippen molar-refractivity contribution in [2.45, 2.75) is 6.92 Å². The van der Waals surface area contributed by atoms with Crippen LogP contribution in [0.15, 0.2) is 27.7 Å². The maximum atomic E-state index is 11.4. The number of pyridine rings is 1. The second-order valence-electron chi connectivity index (χ2n) is 3.24. The molecule has 2 N–H and O–H groups in total. The van der Waals surface area contributed by atoms with Crippen LogP contribution in [-0.2, 0) is 0 Å². The summed E-state index contributed by atoms with van der Waals surface area (Å²) in [5, 5.41) is 9.43. The largest absolute Gasteiger partial charge is 0.492 e. The number of aromatic nitrogens is 3. The molecule has 2 rings (SSSR count). The van der Waals surface area contributed by atoms with Gasteiger partial charge in [-0.05, 0) is 34.5 Å². The SMILES string of the molecule is Cc1ccncc1-c1nc(O)c(Br)c(=O)[nH]1. The molecule has 0 spiro atoms. The summed E-state index contributed by atoms with van der Waals surface area (Å²) in [4.78, 5) is 21.8. The topological polar surface area (TPSA) is 78.9 Å². The van der Waals surface area contributed by atoms with Gasteiger partial charge in [-0.1, -0.05) is 0 Å². The Morgan fingerprint density at radius 1 is 1.50 bits per heavy atom. The Morgan fingerprint density at radius 3 is 2.88 bits per heavy atom. The van der Waals surface area contributed by atoms with Gasteiger partial charge < -0.3 is 10.1 Å². The monoisotopic (exact) mass is 281 g/mol. The van der Waals surface area contributed by atoms with Crippen molar-refractivity contribution >= 4 is 15.9 Å². The highest BCUT2D eigenvalue weighted by molar-refractivity contribution is 9.10. The molecule has 5 nitrogen and oxygen atoms in total. The number of aromatic hydroxyl groups is 1. The lowest BCUT2D eigenvalue weighted by atomic mass is 10.1. The zero-order valence-corrected chi connectivity index (χ0v) is 9.95. The molecule has 0 radical (unpaired) electrons. The van der Waals surface area contributed by atoms with E-state index in [9.17, 15) is 9.90 Å². The van der Waals surface area contributed by atoms with E-state index in [-0.39, 0.29) is 10.4 Å². The van der Waals surface area contributed by atoms with Gasteiger partial charge in [0.15, 0.2) is 0 Å². The third-order valence-corrected chi connectivity index (χ3v) is 2.85. The van der Waals surface area contributed by atoms with E-state index in [2.05, 4.69) is 30.9 Å². The van der Waals surface area contributed by atoms with Crippen LogP contribution in [0.4, 0.5) is 0 Å². The molecule has 2 aromatic heterocycles. The van der Waals surface area contributed by atoms with Crippen LogP contribution in [0.5, 0.6) is 5.88 Å². The number of rotatable bonds is 1. The van der Waals surface area contributed by atoms with Crippen molar-refractivity contribution in [3.8, 4) is 17.3 Å². The summed E-state index contributed by atoms with van der Waals surface area (Å²) in [7, 11) is 0. The number of hydrogen-bond donors (Lipinski definition) is 2. The molecule has 0 aromatic carbocycles. The first-order valence-corrected chi connectivity index (χ1v) is 5.28. The molecule has 6 heteroatoms. The van der Waals surface area contributed by atoms with E-state index in [4.69, 9.17) is 0 Å². The predicted octanol–water partition coefficient (Wildman–Crippen LogP) is 1.61. The van der Waals surface area contributed by atoms with E-state index in [0.717, 1.165) is 5.56 Å². The quantitative estimate of drug-likeness (QED) is 0.832. The van der Waals surface area contributed by atoms with E-state index < -0.39 is 5.56 Å². The van der Waals surface area contributed by atoms with Gasteiger partial charge in [0.2, 0.25) is 5.88 Å². The summed E-state index contributed by atoms with van der Waals surface area (Å²) in [5.74, 6) is -0.0293. The molecular formula is C10H8BrN3O2. The Bertz CT molecular complexity index is 595. The number of nitrogens with one attached hydrogen (secondary N) is 1. The number of aryl methyl sites for hydroxylation is 1. The third-order valence-electron chi connectivity index (χ3n) is 2.14. The second-order valence-corrected chi connectivity index (χ2v) is 4.04. The number of halogens is 1. The molecule has 0 fully saturated rings. The Hall–Kier alpha value is -1.69. The zero-order valence-electron chi connectivity index (χ0n) is 8.36. The third kappa shape index (κ3) is 1.83. The molecule has 2 aromatic rings. The van der Waals surface area contributed by atoms with Gasteiger partial charge in [0, 0.05) is 18.0 Å². The van der Waals surface area contributed by atoms with Crippen molar-refractivity contribution in [2.24, 2.45) is 0 Å². The lowest BCUT2D eigenvalue weighted by molar-refractivity contribution is 0.448. The second kappa shape index (κ2) is 4.05.